The molecule has 2 aromatic heterocycles. The van der Waals surface area contributed by atoms with Crippen molar-refractivity contribution in [1.82, 2.24) is 19.9 Å². The molecule has 1 aromatic carbocycles. The summed E-state index contributed by atoms with van der Waals surface area (Å²) in [6.45, 7) is 2.44. The molecule has 28 heavy (non-hydrogen) atoms. The summed E-state index contributed by atoms with van der Waals surface area (Å²) in [6, 6.07) is 11.1. The van der Waals surface area contributed by atoms with E-state index >= 15 is 0 Å². The van der Waals surface area contributed by atoms with Gasteiger partial charge in [-0.3, -0.25) is 14.6 Å². The average Bonchev–Trinajstić information content (AvgIpc) is 3.11. The summed E-state index contributed by atoms with van der Waals surface area (Å²) < 4.78 is 0. The first-order valence-electron chi connectivity index (χ1n) is 9.05. The van der Waals surface area contributed by atoms with Crippen molar-refractivity contribution in [3.8, 4) is 11.4 Å². The van der Waals surface area contributed by atoms with Crippen molar-refractivity contribution in [3.63, 3.8) is 0 Å². The maximum absolute atomic E-state index is 12.9. The lowest BCUT2D eigenvalue weighted by molar-refractivity contribution is 0.0412. The van der Waals surface area contributed by atoms with Crippen LogP contribution >= 0.6 is 0 Å². The van der Waals surface area contributed by atoms with E-state index in [2.05, 4.69) is 15.0 Å². The molecular weight excluding hydrogens is 356 g/mol. The summed E-state index contributed by atoms with van der Waals surface area (Å²) in [6.07, 6.45) is 4.92. The summed E-state index contributed by atoms with van der Waals surface area (Å²) in [5, 5.41) is 11.1. The fourth-order valence-electron chi connectivity index (χ4n) is 3.65. The Hall–Kier alpha value is -3.32. The molecule has 2 N–H and O–H groups in total. The van der Waals surface area contributed by atoms with Gasteiger partial charge < -0.3 is 15.0 Å². The molecule has 142 valence electrons. The van der Waals surface area contributed by atoms with Gasteiger partial charge in [-0.15, -0.1) is 0 Å². The van der Waals surface area contributed by atoms with Gasteiger partial charge in [0.25, 0.3) is 11.5 Å². The van der Waals surface area contributed by atoms with Crippen LogP contribution in [0.3, 0.4) is 0 Å². The normalized spacial score (nSPS) is 19.0. The number of pyridine rings is 1. The Labute approximate surface area is 161 Å². The molecule has 1 saturated heterocycles. The molecular formula is C21H20N4O3. The number of carbonyl (C=O) groups is 1. The quantitative estimate of drug-likeness (QED) is 0.727. The van der Waals surface area contributed by atoms with E-state index in [1.165, 1.54) is 11.1 Å². The largest absolute Gasteiger partial charge is 0.383 e. The minimum absolute atomic E-state index is 0.0401. The van der Waals surface area contributed by atoms with Crippen LogP contribution in [0.4, 0.5) is 0 Å². The number of hydrogen-bond donors (Lipinski definition) is 2. The number of rotatable bonds is 3. The van der Waals surface area contributed by atoms with E-state index in [0.717, 1.165) is 11.1 Å². The second-order valence-electron chi connectivity index (χ2n) is 7.04. The highest BCUT2D eigenvalue weighted by Crippen LogP contribution is 2.34. The van der Waals surface area contributed by atoms with Crippen LogP contribution in [0.15, 0.2) is 59.8 Å². The number of likely N-dealkylation sites (tertiary alicyclic amines) is 1. The van der Waals surface area contributed by atoms with Crippen LogP contribution in [-0.2, 0) is 5.60 Å². The van der Waals surface area contributed by atoms with Crippen molar-refractivity contribution in [2.45, 2.75) is 18.9 Å². The number of amides is 1. The molecule has 1 aliphatic heterocycles. The lowest BCUT2D eigenvalue weighted by Gasteiger charge is -2.25. The SMILES string of the molecule is Cc1ccccc1[C@]1(O)CCN(C(=O)c2cnc(-c3cccnc3)[nH]c2=O)C1. The highest BCUT2D eigenvalue weighted by atomic mass is 16.3. The molecule has 4 rings (SSSR count). The van der Waals surface area contributed by atoms with Crippen molar-refractivity contribution in [3.05, 3.63) is 82.0 Å². The number of β-amino-alcohol motifs (C(OH)–C–C–N with tert-alkyl or cyclic N) is 1. The van der Waals surface area contributed by atoms with Gasteiger partial charge in [0.1, 0.15) is 17.0 Å². The second kappa shape index (κ2) is 7.01. The third-order valence-electron chi connectivity index (χ3n) is 5.15. The minimum atomic E-state index is -1.11. The highest BCUT2D eigenvalue weighted by molar-refractivity contribution is 5.94. The first-order valence-corrected chi connectivity index (χ1v) is 9.05. The third-order valence-corrected chi connectivity index (χ3v) is 5.15. The molecule has 7 nitrogen and oxygen atoms in total. The Balaban J connectivity index is 1.57. The Morgan fingerprint density at radius 2 is 2.04 bits per heavy atom. The predicted octanol–water partition coefficient (Wildman–Crippen LogP) is 1.87. The smallest absolute Gasteiger partial charge is 0.264 e. The first-order chi connectivity index (χ1) is 13.5. The second-order valence-corrected chi connectivity index (χ2v) is 7.04. The first kappa shape index (κ1) is 18.1. The molecule has 3 heterocycles. The molecule has 0 bridgehead atoms. The van der Waals surface area contributed by atoms with E-state index in [-0.39, 0.29) is 12.1 Å². The van der Waals surface area contributed by atoms with Crippen LogP contribution in [0, 0.1) is 6.92 Å². The van der Waals surface area contributed by atoms with Crippen LogP contribution in [-0.4, -0.2) is 44.0 Å². The van der Waals surface area contributed by atoms with Crippen molar-refractivity contribution in [1.29, 1.82) is 0 Å². The Bertz CT molecular complexity index is 1080. The molecule has 0 unspecified atom stereocenters. The van der Waals surface area contributed by atoms with Gasteiger partial charge in [-0.1, -0.05) is 24.3 Å². The molecule has 0 saturated carbocycles. The van der Waals surface area contributed by atoms with Gasteiger partial charge >= 0.3 is 0 Å². The summed E-state index contributed by atoms with van der Waals surface area (Å²) in [4.78, 5) is 37.7. The van der Waals surface area contributed by atoms with Gasteiger partial charge in [-0.25, -0.2) is 4.98 Å². The maximum atomic E-state index is 12.9. The Morgan fingerprint density at radius 1 is 1.21 bits per heavy atom. The number of aliphatic hydroxyl groups is 1. The monoisotopic (exact) mass is 376 g/mol. The zero-order valence-corrected chi connectivity index (χ0v) is 15.4. The zero-order valence-electron chi connectivity index (χ0n) is 15.4. The summed E-state index contributed by atoms with van der Waals surface area (Å²) in [7, 11) is 0. The molecule has 0 spiro atoms. The van der Waals surface area contributed by atoms with E-state index < -0.39 is 17.1 Å². The van der Waals surface area contributed by atoms with E-state index in [0.29, 0.717) is 24.4 Å². The van der Waals surface area contributed by atoms with Crippen molar-refractivity contribution in [2.24, 2.45) is 0 Å². The number of H-pyrrole nitrogens is 1. The van der Waals surface area contributed by atoms with E-state index in [1.807, 2.05) is 31.2 Å². The molecule has 0 radical (unpaired) electrons. The molecule has 7 heteroatoms. The number of aryl methyl sites for hydroxylation is 1. The van der Waals surface area contributed by atoms with Crippen LogP contribution in [0.1, 0.15) is 27.9 Å². The Morgan fingerprint density at radius 3 is 2.75 bits per heavy atom. The summed E-state index contributed by atoms with van der Waals surface area (Å²) in [5.74, 6) is -0.0801. The topological polar surface area (TPSA) is 99.2 Å². The molecule has 1 amide bonds. The minimum Gasteiger partial charge on any atom is -0.383 e. The number of carbonyl (C=O) groups excluding carboxylic acids is 1. The zero-order chi connectivity index (χ0) is 19.7. The number of nitrogens with zero attached hydrogens (tertiary/aromatic N) is 3. The molecule has 0 aliphatic carbocycles. The van der Waals surface area contributed by atoms with Crippen LogP contribution in [0.25, 0.3) is 11.4 Å². The fraction of sp³-hybridized carbons (Fsp3) is 0.238. The van der Waals surface area contributed by atoms with Gasteiger partial charge in [0.15, 0.2) is 0 Å². The van der Waals surface area contributed by atoms with E-state index in [4.69, 9.17) is 0 Å². The van der Waals surface area contributed by atoms with Gasteiger partial charge in [0, 0.05) is 30.7 Å². The van der Waals surface area contributed by atoms with Crippen LogP contribution < -0.4 is 5.56 Å². The van der Waals surface area contributed by atoms with E-state index in [1.54, 1.807) is 24.5 Å². The predicted molar refractivity (Wildman–Crippen MR) is 104 cm³/mol. The fourth-order valence-corrected chi connectivity index (χ4v) is 3.65. The Kier molecular flexibility index (Phi) is 4.52. The van der Waals surface area contributed by atoms with Crippen LogP contribution in [0.5, 0.6) is 0 Å². The third kappa shape index (κ3) is 3.20. The van der Waals surface area contributed by atoms with Gasteiger partial charge in [0.2, 0.25) is 0 Å². The number of aromatic amines is 1. The summed E-state index contributed by atoms with van der Waals surface area (Å²) in [5.41, 5.74) is 0.779. The molecule has 1 aliphatic rings. The van der Waals surface area contributed by atoms with Gasteiger partial charge in [-0.05, 0) is 36.6 Å². The summed E-state index contributed by atoms with van der Waals surface area (Å²) >= 11 is 0. The maximum Gasteiger partial charge on any atom is 0.264 e. The highest BCUT2D eigenvalue weighted by Gasteiger charge is 2.41. The number of hydrogen-bond acceptors (Lipinski definition) is 5. The van der Waals surface area contributed by atoms with Gasteiger partial charge in [-0.2, -0.15) is 0 Å². The average molecular weight is 376 g/mol. The van der Waals surface area contributed by atoms with Crippen molar-refractivity contribution >= 4 is 5.91 Å². The number of nitrogens with one attached hydrogen (secondary N) is 1. The van der Waals surface area contributed by atoms with Crippen molar-refractivity contribution < 1.29 is 9.90 Å². The number of aromatic nitrogens is 3. The molecule has 1 fully saturated rings. The number of benzene rings is 1. The molecule has 1 atom stereocenters. The standard InChI is InChI=1S/C21H20N4O3/c1-14-5-2-3-7-17(14)21(28)8-10-25(13-21)20(27)16-12-23-18(24-19(16)26)15-6-4-9-22-11-15/h2-7,9,11-12,28H,8,10,13H2,1H3,(H,23,24,26)/t21-/m0/s1. The lowest BCUT2D eigenvalue weighted by Crippen LogP contribution is -2.37. The van der Waals surface area contributed by atoms with Gasteiger partial charge in [0.05, 0.1) is 6.54 Å². The van der Waals surface area contributed by atoms with E-state index in [9.17, 15) is 14.7 Å². The van der Waals surface area contributed by atoms with Crippen LogP contribution in [0.2, 0.25) is 0 Å². The lowest BCUT2D eigenvalue weighted by atomic mass is 9.89. The van der Waals surface area contributed by atoms with Crippen molar-refractivity contribution in [2.75, 3.05) is 13.1 Å². The molecule has 3 aromatic rings.